The van der Waals surface area contributed by atoms with Crippen molar-refractivity contribution >= 4 is 34.9 Å². The van der Waals surface area contributed by atoms with E-state index in [0.717, 1.165) is 57.9 Å². The van der Waals surface area contributed by atoms with Crippen molar-refractivity contribution in [3.63, 3.8) is 0 Å². The van der Waals surface area contributed by atoms with Gasteiger partial charge in [0.15, 0.2) is 0 Å². The smallest absolute Gasteiger partial charge is 0.310 e. The Kier molecular flexibility index (Phi) is 5.22. The summed E-state index contributed by atoms with van der Waals surface area (Å²) < 4.78 is 12.0. The average Bonchev–Trinajstić information content (AvgIpc) is 3.47. The normalized spacial score (nSPS) is 41.3. The van der Waals surface area contributed by atoms with Gasteiger partial charge in [0.1, 0.15) is 6.10 Å². The van der Waals surface area contributed by atoms with E-state index in [1.807, 2.05) is 18.2 Å². The van der Waals surface area contributed by atoms with Gasteiger partial charge < -0.3 is 14.4 Å². The summed E-state index contributed by atoms with van der Waals surface area (Å²) in [7, 11) is 0. The highest BCUT2D eigenvalue weighted by atomic mass is 35.5. The highest BCUT2D eigenvalue weighted by molar-refractivity contribution is 6.42. The highest BCUT2D eigenvalue weighted by Crippen LogP contribution is 2.62. The lowest BCUT2D eigenvalue weighted by Gasteiger charge is -2.51. The minimum absolute atomic E-state index is 0.00111. The predicted molar refractivity (Wildman–Crippen MR) is 125 cm³/mol. The Morgan fingerprint density at radius 3 is 2.62 bits per heavy atom. The van der Waals surface area contributed by atoms with Crippen LogP contribution >= 0.6 is 23.2 Å². The van der Waals surface area contributed by atoms with Gasteiger partial charge in [-0.1, -0.05) is 30.1 Å². The molecule has 0 amide bonds. The van der Waals surface area contributed by atoms with E-state index in [1.54, 1.807) is 0 Å². The second-order valence-electron chi connectivity index (χ2n) is 11.0. The largest absolute Gasteiger partial charge is 0.462 e. The average molecular weight is 479 g/mol. The predicted octanol–water partition coefficient (Wildman–Crippen LogP) is 4.64. The van der Waals surface area contributed by atoms with Crippen LogP contribution < -0.4 is 4.90 Å². The number of halogens is 2. The molecule has 2 aliphatic carbocycles. The van der Waals surface area contributed by atoms with E-state index in [9.17, 15) is 4.79 Å². The van der Waals surface area contributed by atoms with E-state index in [-0.39, 0.29) is 29.0 Å². The lowest BCUT2D eigenvalue weighted by molar-refractivity contribution is -0.147. The summed E-state index contributed by atoms with van der Waals surface area (Å²) in [5, 5.41) is 1.18. The molecule has 0 unspecified atom stereocenters. The number of esters is 1. The highest BCUT2D eigenvalue weighted by Gasteiger charge is 2.65. The van der Waals surface area contributed by atoms with E-state index < -0.39 is 0 Å². The van der Waals surface area contributed by atoms with Crippen molar-refractivity contribution in [2.45, 2.75) is 50.7 Å². The Hall–Kier alpha value is -1.01. The van der Waals surface area contributed by atoms with E-state index in [2.05, 4.69) is 16.7 Å². The minimum Gasteiger partial charge on any atom is -0.462 e. The maximum Gasteiger partial charge on any atom is 0.310 e. The maximum absolute atomic E-state index is 12.9. The molecule has 2 saturated carbocycles. The third-order valence-corrected chi connectivity index (χ3v) is 9.91. The number of hydrogen-bond donors (Lipinski definition) is 0. The Morgan fingerprint density at radius 2 is 1.91 bits per heavy atom. The van der Waals surface area contributed by atoms with Gasteiger partial charge >= 0.3 is 5.97 Å². The van der Waals surface area contributed by atoms with Crippen molar-refractivity contribution in [1.29, 1.82) is 0 Å². The van der Waals surface area contributed by atoms with E-state index in [0.29, 0.717) is 21.9 Å². The second kappa shape index (κ2) is 7.76. The quantitative estimate of drug-likeness (QED) is 0.467. The molecule has 6 rings (SSSR count). The van der Waals surface area contributed by atoms with Gasteiger partial charge in [-0.05, 0) is 61.6 Å². The Labute approximate surface area is 200 Å². The van der Waals surface area contributed by atoms with Gasteiger partial charge in [0.05, 0.1) is 28.2 Å². The number of ether oxygens (including phenoxy) is 2. The summed E-state index contributed by atoms with van der Waals surface area (Å²) in [5.41, 5.74) is 1.48. The molecule has 5 fully saturated rings. The molecule has 6 atom stereocenters. The zero-order valence-corrected chi connectivity index (χ0v) is 20.2. The second-order valence-corrected chi connectivity index (χ2v) is 11.8. The van der Waals surface area contributed by atoms with Gasteiger partial charge in [-0.25, -0.2) is 0 Å². The van der Waals surface area contributed by atoms with Crippen LogP contribution in [0.15, 0.2) is 18.2 Å². The summed E-state index contributed by atoms with van der Waals surface area (Å²) in [6.45, 7) is 7.87. The zero-order valence-electron chi connectivity index (χ0n) is 18.7. The van der Waals surface area contributed by atoms with Crippen LogP contribution in [0.1, 0.15) is 39.0 Å². The third-order valence-electron chi connectivity index (χ3n) is 9.17. The number of carbonyl (C=O) groups excluding carboxylic acids is 1. The Balaban J connectivity index is 1.11. The first kappa shape index (κ1) is 21.5. The lowest BCUT2D eigenvalue weighted by atomic mass is 9.53. The van der Waals surface area contributed by atoms with Gasteiger partial charge in [0.25, 0.3) is 0 Å². The molecular weight excluding hydrogens is 447 g/mol. The number of piperazine rings is 1. The summed E-state index contributed by atoms with van der Waals surface area (Å²) >= 11 is 12.3. The van der Waals surface area contributed by atoms with Crippen LogP contribution in [0.2, 0.25) is 10.0 Å². The van der Waals surface area contributed by atoms with Crippen molar-refractivity contribution < 1.29 is 14.3 Å². The van der Waals surface area contributed by atoms with Crippen molar-refractivity contribution in [3.05, 3.63) is 28.2 Å². The first-order valence-corrected chi connectivity index (χ1v) is 12.9. The lowest BCUT2D eigenvalue weighted by Crippen LogP contribution is -2.52. The fourth-order valence-electron chi connectivity index (χ4n) is 7.31. The van der Waals surface area contributed by atoms with Crippen LogP contribution in [0.4, 0.5) is 5.69 Å². The van der Waals surface area contributed by atoms with Gasteiger partial charge in [0.2, 0.25) is 0 Å². The minimum atomic E-state index is -0.00111. The molecule has 0 N–H and O–H groups in total. The molecule has 1 aromatic carbocycles. The van der Waals surface area contributed by atoms with E-state index in [1.165, 1.54) is 19.3 Å². The topological polar surface area (TPSA) is 45.3 Å². The van der Waals surface area contributed by atoms with Crippen molar-refractivity contribution in [3.8, 4) is 0 Å². The van der Waals surface area contributed by atoms with Crippen LogP contribution in [0.25, 0.3) is 0 Å². The first-order valence-electron chi connectivity index (χ1n) is 12.1. The molecule has 0 radical (unpaired) electrons. The van der Waals surface area contributed by atoms with E-state index >= 15 is 0 Å². The number of fused-ring (bicyclic) bond motifs is 3. The number of nitrogens with zero attached hydrogens (tertiary/aromatic N) is 2. The molecule has 32 heavy (non-hydrogen) atoms. The van der Waals surface area contributed by atoms with Gasteiger partial charge in [-0.3, -0.25) is 9.69 Å². The van der Waals surface area contributed by atoms with Gasteiger partial charge in [-0.15, -0.1) is 0 Å². The molecule has 3 heterocycles. The van der Waals surface area contributed by atoms with Gasteiger partial charge in [-0.2, -0.15) is 0 Å². The monoisotopic (exact) mass is 478 g/mol. The summed E-state index contributed by atoms with van der Waals surface area (Å²) in [4.78, 5) is 17.7. The molecule has 3 aliphatic heterocycles. The molecule has 3 saturated heterocycles. The molecule has 0 aromatic heterocycles. The number of benzene rings is 1. The summed E-state index contributed by atoms with van der Waals surface area (Å²) in [5.74, 6) is 0.945. The number of hydrogen-bond acceptors (Lipinski definition) is 5. The standard InChI is InChI=1S/C25H32Cl2N2O3/c1-24-5-2-6-25(15-31-25)22(24)12-17-18(23(30)32-21(17)13-24)14-28-7-9-29(10-8-28)16-3-4-19(26)20(27)11-16/h3-4,11,17-18,21-22H,2,5-10,12-15H2,1H3/t17-,18+,21+,22+,24+,25+/m0/s1. The number of rotatable bonds is 3. The molecule has 1 spiro atoms. The van der Waals surface area contributed by atoms with Crippen molar-refractivity contribution in [2.75, 3.05) is 44.2 Å². The Morgan fingerprint density at radius 1 is 1.12 bits per heavy atom. The first-order chi connectivity index (χ1) is 15.4. The van der Waals surface area contributed by atoms with Crippen LogP contribution in [-0.2, 0) is 14.3 Å². The fraction of sp³-hybridized carbons (Fsp3) is 0.720. The van der Waals surface area contributed by atoms with E-state index in [4.69, 9.17) is 32.7 Å². The molecular formula is C25H32Cl2N2O3. The molecule has 1 aromatic rings. The molecule has 0 bridgehead atoms. The third kappa shape index (κ3) is 3.55. The molecule has 5 aliphatic rings. The van der Waals surface area contributed by atoms with Crippen LogP contribution in [-0.4, -0.2) is 61.9 Å². The summed E-state index contributed by atoms with van der Waals surface area (Å²) in [6.07, 6.45) is 5.87. The Bertz CT molecular complexity index is 914. The number of anilines is 1. The maximum atomic E-state index is 12.9. The van der Waals surface area contributed by atoms with Crippen LogP contribution in [0.3, 0.4) is 0 Å². The van der Waals surface area contributed by atoms with Crippen molar-refractivity contribution in [2.24, 2.45) is 23.2 Å². The van der Waals surface area contributed by atoms with Crippen molar-refractivity contribution in [1.82, 2.24) is 4.90 Å². The van der Waals surface area contributed by atoms with Crippen LogP contribution in [0, 0.1) is 23.2 Å². The number of epoxide rings is 1. The molecule has 174 valence electrons. The van der Waals surface area contributed by atoms with Crippen LogP contribution in [0.5, 0.6) is 0 Å². The summed E-state index contributed by atoms with van der Waals surface area (Å²) in [6, 6.07) is 5.83. The SMILES string of the molecule is C[C@]12CCC[C@@]3(CO3)[C@@H]1C[C@@H]1[C@@H](C2)OC(=O)[C@@H]1CN1CCN(c2ccc(Cl)c(Cl)c2)CC1. The molecule has 7 heteroatoms. The fourth-order valence-corrected chi connectivity index (χ4v) is 7.61. The molecule has 5 nitrogen and oxygen atoms in total. The zero-order chi connectivity index (χ0) is 22.1. The number of carbonyl (C=O) groups is 1. The van der Waals surface area contributed by atoms with Gasteiger partial charge in [0, 0.05) is 44.3 Å².